The van der Waals surface area contributed by atoms with Crippen LogP contribution in [0.1, 0.15) is 160 Å². The van der Waals surface area contributed by atoms with Crippen molar-refractivity contribution in [2.24, 2.45) is 11.8 Å². The number of aromatic amines is 1. The number of aliphatic hydroxyl groups is 4. The number of amides is 1. The number of fused-ring (bicyclic) bond motifs is 11. The number of carbonyl (C=O) groups is 2. The van der Waals surface area contributed by atoms with Gasteiger partial charge in [-0.15, -0.1) is 0 Å². The van der Waals surface area contributed by atoms with E-state index in [1.165, 1.54) is 22.4 Å². The average molecular weight is 1040 g/mol. The standard InChI is InChI=1S/C63H64N2O12/c1-73-56-39-14-13-35-23-33-8-5-11-37(33)50-49(35)51(39)53-55(69)52(50)46(67)28-65-27-43-32(7-4-12-38(43)59(65)70)9-6-22-74-58-54(68)48-29-75-47(16-15-40(56)57(53)77-60(76-48)63(58,72)31-66)42-26-64-45-24-34-17-20-61(44(34)25-41(42)45)21-18-36-10-2-3-19-62(36,71)30-61/h4,7,12,15-16,23-26,33,36-37,47-48,54,58,60,64,66,68-69,71-72H,2-3,5,8-11,13-14,17-21,27-31H2,1H3/b16-15+/t33-,36-,37+,47+,48+,54+,58-,60+,61+,62-,63+/m0/s1. The number of aromatic nitrogens is 1. The Morgan fingerprint density at radius 1 is 0.948 bits per heavy atom. The molecule has 0 unspecified atom stereocenters. The average Bonchev–Trinajstić information content (AvgIpc) is 4.38. The van der Waals surface area contributed by atoms with Crippen molar-refractivity contribution in [2.75, 3.05) is 26.9 Å². The normalized spacial score (nSPS) is 33.9. The summed E-state index contributed by atoms with van der Waals surface area (Å²) in [5.74, 6) is 2.92. The second-order valence-electron chi connectivity index (χ2n) is 24.2. The van der Waals surface area contributed by atoms with Crippen molar-refractivity contribution in [3.8, 4) is 29.3 Å². The SMILES string of the molecule is COc1c2c3c4c(O)c(c5c6c4c1CCC6=C[C@@H]1CCC[C@@H]51)C(=O)CN1Cc4c(cccc4C1=O)CC#CO[C@H]1[C@H](O)[C@@H](CO[C@@H](c4c[nH]c5cc6c(cc45)[C@]4(CC6)CC[C@@H]5CCCC[C@]5(O)C4)/C=C/2)O[C@H](O3)[C@@]1(O)CO. The lowest BCUT2D eigenvalue weighted by molar-refractivity contribution is -0.328. The van der Waals surface area contributed by atoms with Crippen LogP contribution < -0.4 is 9.47 Å². The van der Waals surface area contributed by atoms with Gasteiger partial charge in [0.1, 0.15) is 41.7 Å². The Bertz CT molecular complexity index is 3530. The maximum atomic E-state index is 15.5. The summed E-state index contributed by atoms with van der Waals surface area (Å²) >= 11 is 0. The van der Waals surface area contributed by atoms with Gasteiger partial charge >= 0.3 is 0 Å². The van der Waals surface area contributed by atoms with Crippen LogP contribution in [0.25, 0.3) is 33.3 Å². The first-order valence-corrected chi connectivity index (χ1v) is 28.1. The number of hydrogen-bond donors (Lipinski definition) is 6. The van der Waals surface area contributed by atoms with Gasteiger partial charge in [-0.2, -0.15) is 0 Å². The van der Waals surface area contributed by atoms with Crippen LogP contribution in [0.15, 0.2) is 48.7 Å². The monoisotopic (exact) mass is 1040 g/mol. The molecular formula is C63H64N2O12. The van der Waals surface area contributed by atoms with E-state index in [4.69, 9.17) is 23.7 Å². The van der Waals surface area contributed by atoms with E-state index in [1.807, 2.05) is 24.4 Å². The summed E-state index contributed by atoms with van der Waals surface area (Å²) in [6.45, 7) is -1.36. The zero-order valence-corrected chi connectivity index (χ0v) is 43.3. The summed E-state index contributed by atoms with van der Waals surface area (Å²) in [4.78, 5) is 34.8. The Hall–Kier alpha value is -6.18. The van der Waals surface area contributed by atoms with Crippen LogP contribution in [0.2, 0.25) is 0 Å². The predicted molar refractivity (Wildman–Crippen MR) is 285 cm³/mol. The van der Waals surface area contributed by atoms with E-state index in [-0.39, 0.29) is 71.7 Å². The summed E-state index contributed by atoms with van der Waals surface area (Å²) in [6, 6.07) is 9.96. The van der Waals surface area contributed by atoms with Crippen LogP contribution in [-0.2, 0) is 45.4 Å². The largest absolute Gasteiger partial charge is 0.506 e. The summed E-state index contributed by atoms with van der Waals surface area (Å²) in [6.07, 6.45) is 16.6. The van der Waals surface area contributed by atoms with Gasteiger partial charge in [0.05, 0.1) is 49.0 Å². The molecule has 15 rings (SSSR count). The van der Waals surface area contributed by atoms with E-state index in [0.717, 1.165) is 120 Å². The van der Waals surface area contributed by atoms with Crippen molar-refractivity contribution >= 4 is 45.0 Å². The van der Waals surface area contributed by atoms with Crippen molar-refractivity contribution in [1.29, 1.82) is 0 Å². The van der Waals surface area contributed by atoms with Crippen LogP contribution in [0.5, 0.6) is 17.2 Å². The maximum Gasteiger partial charge on any atom is 0.254 e. The fourth-order valence-corrected chi connectivity index (χ4v) is 16.6. The first-order valence-electron chi connectivity index (χ1n) is 28.1. The number of nitrogens with zero attached hydrogens (tertiary/aromatic N) is 1. The molecule has 1 amide bonds. The zero-order chi connectivity index (χ0) is 52.3. The Morgan fingerprint density at radius 2 is 1.84 bits per heavy atom. The topological polar surface area (TPSA) is 200 Å². The van der Waals surface area contributed by atoms with Crippen LogP contribution >= 0.6 is 0 Å². The molecule has 4 aromatic carbocycles. The number of Topliss-reactive ketones (excluding diaryl/α,β-unsaturated/α-hetero) is 1. The number of phenolic OH excluding ortho intramolecular Hbond substituents is 1. The van der Waals surface area contributed by atoms with Crippen LogP contribution in [0.3, 0.4) is 0 Å². The second kappa shape index (κ2) is 17.4. The molecule has 6 N–H and O–H groups in total. The molecule has 14 nitrogen and oxygen atoms in total. The van der Waals surface area contributed by atoms with Gasteiger partial charge in [0.15, 0.2) is 17.5 Å². The minimum Gasteiger partial charge on any atom is -0.506 e. The smallest absolute Gasteiger partial charge is 0.254 e. The van der Waals surface area contributed by atoms with Crippen LogP contribution in [0, 0.1) is 23.9 Å². The molecule has 0 radical (unpaired) electrons. The van der Waals surface area contributed by atoms with Crippen molar-refractivity contribution in [3.05, 3.63) is 110 Å². The molecule has 8 bridgehead atoms. The summed E-state index contributed by atoms with van der Waals surface area (Å²) in [5, 5.41) is 64.0. The highest BCUT2D eigenvalue weighted by Gasteiger charge is 2.59. The molecule has 14 heteroatoms. The molecule has 77 heavy (non-hydrogen) atoms. The Labute approximate surface area is 446 Å². The number of methoxy groups -OCH3 is 1. The number of nitrogens with one attached hydrogen (secondary N) is 1. The molecule has 398 valence electrons. The number of allylic oxidation sites excluding steroid dienone is 2. The number of carbonyl (C=O) groups excluding carboxylic acids is 2. The fraction of sp³-hybridized carbons (Fsp3) is 0.492. The van der Waals surface area contributed by atoms with Gasteiger partial charge in [-0.3, -0.25) is 9.59 Å². The Balaban J connectivity index is 0.957. The molecule has 5 aromatic rings. The van der Waals surface area contributed by atoms with Gasteiger partial charge in [0.2, 0.25) is 6.29 Å². The number of benzene rings is 4. The Morgan fingerprint density at radius 3 is 2.71 bits per heavy atom. The minimum atomic E-state index is -2.47. The third-order valence-electron chi connectivity index (χ3n) is 20.3. The van der Waals surface area contributed by atoms with E-state index in [2.05, 4.69) is 35.2 Å². The molecule has 1 spiro atoms. The molecule has 6 aliphatic carbocycles. The van der Waals surface area contributed by atoms with E-state index < -0.39 is 54.3 Å². The van der Waals surface area contributed by atoms with Crippen LogP contribution in [0.4, 0.5) is 0 Å². The molecule has 1 saturated heterocycles. The number of rotatable bonds is 3. The number of phenols is 1. The summed E-state index contributed by atoms with van der Waals surface area (Å²) < 4.78 is 33.3. The number of hydrogen-bond acceptors (Lipinski definition) is 12. The van der Waals surface area contributed by atoms with Crippen LogP contribution in [-0.4, -0.2) is 110 Å². The molecule has 3 saturated carbocycles. The van der Waals surface area contributed by atoms with Gasteiger partial charge in [0.25, 0.3) is 5.91 Å². The highest BCUT2D eigenvalue weighted by Crippen LogP contribution is 2.61. The number of ketones is 1. The van der Waals surface area contributed by atoms with Crippen molar-refractivity contribution in [2.45, 2.75) is 156 Å². The molecule has 11 atom stereocenters. The first-order chi connectivity index (χ1) is 37.4. The highest BCUT2D eigenvalue weighted by atomic mass is 16.7. The fourth-order valence-electron chi connectivity index (χ4n) is 16.6. The summed E-state index contributed by atoms with van der Waals surface area (Å²) in [5.41, 5.74) is 7.04. The molecular weight excluding hydrogens is 977 g/mol. The van der Waals surface area contributed by atoms with E-state index in [9.17, 15) is 30.3 Å². The van der Waals surface area contributed by atoms with Gasteiger partial charge in [-0.1, -0.05) is 49.5 Å². The van der Waals surface area contributed by atoms with Crippen molar-refractivity contribution < 1.29 is 58.8 Å². The lowest BCUT2D eigenvalue weighted by Crippen LogP contribution is -2.70. The number of aromatic hydroxyl groups is 1. The van der Waals surface area contributed by atoms with Gasteiger partial charge < -0.3 is 59.1 Å². The van der Waals surface area contributed by atoms with E-state index >= 15 is 4.79 Å². The van der Waals surface area contributed by atoms with Gasteiger partial charge in [-0.25, -0.2) is 0 Å². The lowest BCUT2D eigenvalue weighted by atomic mass is 9.57. The number of aliphatic hydroxyl groups excluding tert-OH is 2. The molecule has 1 aromatic heterocycles. The third kappa shape index (κ3) is 6.89. The predicted octanol–water partition coefficient (Wildman–Crippen LogP) is 8.27. The molecule has 5 heterocycles. The number of aryl methyl sites for hydroxylation is 2. The molecule has 4 fully saturated rings. The van der Waals surface area contributed by atoms with Gasteiger partial charge in [0, 0.05) is 52.1 Å². The molecule has 4 aliphatic heterocycles. The maximum absolute atomic E-state index is 15.5. The minimum absolute atomic E-state index is 0.0174. The van der Waals surface area contributed by atoms with Crippen molar-refractivity contribution in [1.82, 2.24) is 9.88 Å². The number of H-pyrrole nitrogens is 1. The number of ether oxygens (including phenoxy) is 5. The summed E-state index contributed by atoms with van der Waals surface area (Å²) in [7, 11) is 1.59. The first kappa shape index (κ1) is 48.0. The zero-order valence-electron chi connectivity index (χ0n) is 43.3. The van der Waals surface area contributed by atoms with E-state index in [1.54, 1.807) is 19.2 Å². The Kier molecular flexibility index (Phi) is 10.8. The lowest BCUT2D eigenvalue weighted by Gasteiger charge is -2.51. The van der Waals surface area contributed by atoms with Gasteiger partial charge in [-0.05, 0) is 157 Å². The third-order valence-corrected chi connectivity index (χ3v) is 20.3. The quantitative estimate of drug-likeness (QED) is 0.0947. The second-order valence-corrected chi connectivity index (χ2v) is 24.2. The molecule has 10 aliphatic rings. The van der Waals surface area contributed by atoms with Crippen molar-refractivity contribution in [3.63, 3.8) is 0 Å². The van der Waals surface area contributed by atoms with E-state index in [0.29, 0.717) is 41.0 Å². The highest BCUT2D eigenvalue weighted by molar-refractivity contribution is 6.17.